The number of ether oxygens (including phenoxy) is 1. The van der Waals surface area contributed by atoms with Crippen LogP contribution >= 0.6 is 23.2 Å². The summed E-state index contributed by atoms with van der Waals surface area (Å²) in [5, 5.41) is 10.2. The molecule has 0 fully saturated rings. The van der Waals surface area contributed by atoms with Crippen molar-refractivity contribution in [3.05, 3.63) is 28.2 Å². The lowest BCUT2D eigenvalue weighted by atomic mass is 10.3. The first kappa shape index (κ1) is 12.5. The van der Waals surface area contributed by atoms with Crippen molar-refractivity contribution < 1.29 is 14.7 Å². The number of hydrogen-bond acceptors (Lipinski definition) is 4. The van der Waals surface area contributed by atoms with Gasteiger partial charge in [0.1, 0.15) is 18.5 Å². The smallest absolute Gasteiger partial charge is 0.122 e. The van der Waals surface area contributed by atoms with Crippen LogP contribution < -0.4 is 10.6 Å². The number of rotatable bonds is 5. The van der Waals surface area contributed by atoms with Gasteiger partial charge in [-0.1, -0.05) is 23.2 Å². The first-order chi connectivity index (χ1) is 7.11. The van der Waals surface area contributed by atoms with Crippen LogP contribution in [0.4, 0.5) is 0 Å². The van der Waals surface area contributed by atoms with E-state index in [0.717, 1.165) is 0 Å². The Morgan fingerprint density at radius 2 is 1.80 bits per heavy atom. The molecule has 3 N–H and O–H groups in total. The second-order valence-corrected chi connectivity index (χ2v) is 3.78. The van der Waals surface area contributed by atoms with Gasteiger partial charge >= 0.3 is 0 Å². The van der Waals surface area contributed by atoms with Gasteiger partial charge in [-0.25, -0.2) is 5.90 Å². The van der Waals surface area contributed by atoms with Gasteiger partial charge in [0.2, 0.25) is 0 Å². The quantitative estimate of drug-likeness (QED) is 0.781. The third kappa shape index (κ3) is 4.68. The molecular weight excluding hydrogens is 241 g/mol. The molecule has 0 aliphatic heterocycles. The molecule has 1 aromatic carbocycles. The maximum Gasteiger partial charge on any atom is 0.122 e. The second kappa shape index (κ2) is 6.15. The highest BCUT2D eigenvalue weighted by atomic mass is 35.5. The van der Waals surface area contributed by atoms with E-state index in [4.69, 9.17) is 33.8 Å². The molecule has 0 heterocycles. The lowest BCUT2D eigenvalue weighted by Crippen LogP contribution is -2.25. The number of hydrogen-bond donors (Lipinski definition) is 2. The van der Waals surface area contributed by atoms with Gasteiger partial charge in [-0.2, -0.15) is 0 Å². The molecule has 15 heavy (non-hydrogen) atoms. The monoisotopic (exact) mass is 251 g/mol. The Hall–Kier alpha value is -0.520. The average molecular weight is 252 g/mol. The first-order valence-corrected chi connectivity index (χ1v) is 4.96. The topological polar surface area (TPSA) is 64.7 Å². The van der Waals surface area contributed by atoms with Crippen molar-refractivity contribution in [3.8, 4) is 5.75 Å². The van der Waals surface area contributed by atoms with Crippen LogP contribution in [0.5, 0.6) is 5.75 Å². The molecule has 0 spiro atoms. The molecule has 0 bridgehead atoms. The second-order valence-electron chi connectivity index (χ2n) is 2.90. The molecule has 1 atom stereocenters. The zero-order chi connectivity index (χ0) is 11.3. The van der Waals surface area contributed by atoms with Gasteiger partial charge < -0.3 is 14.7 Å². The predicted molar refractivity (Wildman–Crippen MR) is 58.1 cm³/mol. The number of benzene rings is 1. The van der Waals surface area contributed by atoms with Crippen LogP contribution in [0.1, 0.15) is 0 Å². The molecule has 1 rings (SSSR count). The van der Waals surface area contributed by atoms with E-state index in [1.807, 2.05) is 0 Å². The molecule has 6 heteroatoms. The Morgan fingerprint density at radius 3 is 2.33 bits per heavy atom. The fourth-order valence-electron chi connectivity index (χ4n) is 0.963. The lowest BCUT2D eigenvalue weighted by molar-refractivity contribution is 0.0116. The van der Waals surface area contributed by atoms with E-state index in [0.29, 0.717) is 15.8 Å². The van der Waals surface area contributed by atoms with Crippen molar-refractivity contribution in [2.24, 2.45) is 5.90 Å². The Morgan fingerprint density at radius 1 is 1.20 bits per heavy atom. The molecule has 1 unspecified atom stereocenters. The van der Waals surface area contributed by atoms with E-state index < -0.39 is 6.10 Å². The van der Waals surface area contributed by atoms with Crippen molar-refractivity contribution >= 4 is 23.2 Å². The summed E-state index contributed by atoms with van der Waals surface area (Å²) in [6.45, 7) is 0.0716. The lowest BCUT2D eigenvalue weighted by Gasteiger charge is -2.11. The fraction of sp³-hybridized carbons (Fsp3) is 0.333. The highest BCUT2D eigenvalue weighted by molar-refractivity contribution is 6.34. The van der Waals surface area contributed by atoms with Gasteiger partial charge in [-0.15, -0.1) is 0 Å². The minimum Gasteiger partial charge on any atom is -0.491 e. The van der Waals surface area contributed by atoms with Gasteiger partial charge in [-0.3, -0.25) is 0 Å². The summed E-state index contributed by atoms with van der Waals surface area (Å²) < 4.78 is 5.23. The predicted octanol–water partition coefficient (Wildman–Crippen LogP) is 1.62. The van der Waals surface area contributed by atoms with Gasteiger partial charge in [-0.05, 0) is 18.2 Å². The summed E-state index contributed by atoms with van der Waals surface area (Å²) in [4.78, 5) is 4.26. The average Bonchev–Trinajstić information content (AvgIpc) is 2.14. The molecule has 0 saturated heterocycles. The zero-order valence-corrected chi connectivity index (χ0v) is 9.33. The van der Waals surface area contributed by atoms with E-state index in [-0.39, 0.29) is 13.2 Å². The SMILES string of the molecule is NOCC(O)COc1cc(Cl)cc(Cl)c1. The number of aliphatic hydroxyl groups excluding tert-OH is 1. The summed E-state index contributed by atoms with van der Waals surface area (Å²) in [7, 11) is 0. The highest BCUT2D eigenvalue weighted by Gasteiger charge is 2.05. The Labute approximate surface area is 97.4 Å². The Bertz CT molecular complexity index is 302. The number of aliphatic hydroxyl groups is 1. The van der Waals surface area contributed by atoms with Crippen LogP contribution in [0.3, 0.4) is 0 Å². The van der Waals surface area contributed by atoms with Gasteiger partial charge in [0.05, 0.1) is 6.61 Å². The molecule has 4 nitrogen and oxygen atoms in total. The van der Waals surface area contributed by atoms with Crippen molar-refractivity contribution in [2.45, 2.75) is 6.10 Å². The van der Waals surface area contributed by atoms with E-state index in [2.05, 4.69) is 4.84 Å². The van der Waals surface area contributed by atoms with E-state index in [9.17, 15) is 5.11 Å². The van der Waals surface area contributed by atoms with E-state index >= 15 is 0 Å². The van der Waals surface area contributed by atoms with Crippen LogP contribution in [0.15, 0.2) is 18.2 Å². The summed E-state index contributed by atoms with van der Waals surface area (Å²) in [5.41, 5.74) is 0. The molecule has 0 radical (unpaired) electrons. The Balaban J connectivity index is 2.50. The fourth-order valence-corrected chi connectivity index (χ4v) is 1.47. The molecule has 84 valence electrons. The van der Waals surface area contributed by atoms with E-state index in [1.165, 1.54) is 0 Å². The molecule has 0 saturated carbocycles. The Kier molecular flexibility index (Phi) is 5.14. The minimum atomic E-state index is -0.784. The molecule has 0 amide bonds. The normalized spacial score (nSPS) is 12.5. The summed E-state index contributed by atoms with van der Waals surface area (Å²) in [6.07, 6.45) is -0.784. The van der Waals surface area contributed by atoms with Crippen molar-refractivity contribution in [3.63, 3.8) is 0 Å². The third-order valence-corrected chi connectivity index (χ3v) is 2.00. The van der Waals surface area contributed by atoms with Crippen molar-refractivity contribution in [1.29, 1.82) is 0 Å². The molecule has 1 aromatic rings. The van der Waals surface area contributed by atoms with Gasteiger partial charge in [0.15, 0.2) is 0 Å². The van der Waals surface area contributed by atoms with Crippen molar-refractivity contribution in [1.82, 2.24) is 0 Å². The van der Waals surface area contributed by atoms with Crippen LogP contribution in [0.25, 0.3) is 0 Å². The molecule has 0 aliphatic carbocycles. The van der Waals surface area contributed by atoms with Gasteiger partial charge in [0, 0.05) is 10.0 Å². The maximum absolute atomic E-state index is 9.25. The van der Waals surface area contributed by atoms with Crippen LogP contribution in [-0.4, -0.2) is 24.4 Å². The largest absolute Gasteiger partial charge is 0.491 e. The highest BCUT2D eigenvalue weighted by Crippen LogP contribution is 2.24. The number of halogens is 2. The van der Waals surface area contributed by atoms with Crippen LogP contribution in [0, 0.1) is 0 Å². The minimum absolute atomic E-state index is 0.00823. The first-order valence-electron chi connectivity index (χ1n) is 4.20. The summed E-state index contributed by atoms with van der Waals surface area (Å²) in [6, 6.07) is 4.79. The summed E-state index contributed by atoms with van der Waals surface area (Å²) >= 11 is 11.5. The maximum atomic E-state index is 9.25. The zero-order valence-electron chi connectivity index (χ0n) is 7.82. The standard InChI is InChI=1S/C9H11Cl2NO3/c10-6-1-7(11)3-9(2-6)14-4-8(13)5-15-12/h1-3,8,13H,4-5,12H2. The van der Waals surface area contributed by atoms with Crippen molar-refractivity contribution in [2.75, 3.05) is 13.2 Å². The number of nitrogens with two attached hydrogens (primary N) is 1. The molecule has 0 aliphatic rings. The van der Waals surface area contributed by atoms with E-state index in [1.54, 1.807) is 18.2 Å². The third-order valence-electron chi connectivity index (χ3n) is 1.57. The van der Waals surface area contributed by atoms with Crippen LogP contribution in [0.2, 0.25) is 10.0 Å². The van der Waals surface area contributed by atoms with Crippen LogP contribution in [-0.2, 0) is 4.84 Å². The van der Waals surface area contributed by atoms with Gasteiger partial charge in [0.25, 0.3) is 0 Å². The molecular formula is C9H11Cl2NO3. The molecule has 0 aromatic heterocycles. The summed E-state index contributed by atoms with van der Waals surface area (Å²) in [5.74, 6) is 5.28.